The molecule has 0 saturated heterocycles. The van der Waals surface area contributed by atoms with Gasteiger partial charge in [0.25, 0.3) is 0 Å². The molecule has 0 spiro atoms. The molecule has 158 valence electrons. The Morgan fingerprint density at radius 2 is 2.00 bits per heavy atom. The number of aliphatic carboxylic acids is 1. The van der Waals surface area contributed by atoms with E-state index in [0.29, 0.717) is 34.3 Å². The van der Waals surface area contributed by atoms with Crippen molar-refractivity contribution in [1.29, 1.82) is 0 Å². The fourth-order valence-corrected chi connectivity index (χ4v) is 3.73. The number of hydrogen-bond acceptors (Lipinski definition) is 4. The first-order valence-corrected chi connectivity index (χ1v) is 10.0. The average molecular weight is 452 g/mol. The number of aryl methyl sites for hydroxylation is 1. The molecular weight excluding hydrogens is 432 g/mol. The summed E-state index contributed by atoms with van der Waals surface area (Å²) >= 11 is 12.4. The van der Waals surface area contributed by atoms with Gasteiger partial charge in [0.05, 0.1) is 12.5 Å². The number of rotatable bonds is 7. The van der Waals surface area contributed by atoms with E-state index in [2.05, 4.69) is 4.98 Å². The van der Waals surface area contributed by atoms with Crippen molar-refractivity contribution in [3.8, 4) is 11.5 Å². The summed E-state index contributed by atoms with van der Waals surface area (Å²) in [5.41, 5.74) is 2.22. The zero-order valence-corrected chi connectivity index (χ0v) is 18.1. The van der Waals surface area contributed by atoms with Crippen LogP contribution in [-0.4, -0.2) is 29.3 Å². The standard InChI is InChI=1S/C22H20Cl2FNO4/c1-4-17-14(9-12-5-6-13(23)10-15(12)24)21(29-3)19-18(30-11(2)22(27)28)8-7-16(25)20(19)26-17/h5-8,10-11H,4,9H2,1-3H3,(H,27,28)/t11-/m0/s1. The van der Waals surface area contributed by atoms with Crippen LogP contribution in [0.3, 0.4) is 0 Å². The predicted octanol–water partition coefficient (Wildman–Crippen LogP) is 5.69. The molecule has 3 rings (SSSR count). The normalized spacial score (nSPS) is 12.1. The van der Waals surface area contributed by atoms with E-state index >= 15 is 0 Å². The Hall–Kier alpha value is -2.57. The van der Waals surface area contributed by atoms with Crippen molar-refractivity contribution in [2.24, 2.45) is 0 Å². The van der Waals surface area contributed by atoms with E-state index in [1.165, 1.54) is 26.2 Å². The molecule has 0 saturated carbocycles. The zero-order valence-electron chi connectivity index (χ0n) is 16.6. The molecule has 30 heavy (non-hydrogen) atoms. The number of pyridine rings is 1. The minimum absolute atomic E-state index is 0.0599. The van der Waals surface area contributed by atoms with Gasteiger partial charge in [0.1, 0.15) is 22.8 Å². The van der Waals surface area contributed by atoms with Crippen molar-refractivity contribution in [3.63, 3.8) is 0 Å². The number of fused-ring (bicyclic) bond motifs is 1. The Morgan fingerprint density at radius 3 is 2.60 bits per heavy atom. The number of nitrogens with zero attached hydrogens (tertiary/aromatic N) is 1. The number of halogens is 3. The second kappa shape index (κ2) is 9.06. The topological polar surface area (TPSA) is 68.7 Å². The van der Waals surface area contributed by atoms with Crippen molar-refractivity contribution < 1.29 is 23.8 Å². The van der Waals surface area contributed by atoms with Crippen LogP contribution < -0.4 is 9.47 Å². The summed E-state index contributed by atoms with van der Waals surface area (Å²) in [7, 11) is 1.47. The van der Waals surface area contributed by atoms with Crippen LogP contribution in [0.1, 0.15) is 30.7 Å². The second-order valence-corrected chi connectivity index (χ2v) is 7.55. The Kier molecular flexibility index (Phi) is 6.68. The highest BCUT2D eigenvalue weighted by molar-refractivity contribution is 6.35. The highest BCUT2D eigenvalue weighted by Gasteiger charge is 2.23. The summed E-state index contributed by atoms with van der Waals surface area (Å²) in [4.78, 5) is 15.8. The fourth-order valence-electron chi connectivity index (χ4n) is 3.25. The van der Waals surface area contributed by atoms with Crippen LogP contribution >= 0.6 is 23.2 Å². The maximum Gasteiger partial charge on any atom is 0.344 e. The number of ether oxygens (including phenoxy) is 2. The fraction of sp³-hybridized carbons (Fsp3) is 0.273. The average Bonchev–Trinajstić information content (AvgIpc) is 2.71. The first-order chi connectivity index (χ1) is 14.3. The van der Waals surface area contributed by atoms with Gasteiger partial charge in [-0.2, -0.15) is 0 Å². The van der Waals surface area contributed by atoms with Crippen LogP contribution in [0.25, 0.3) is 10.9 Å². The lowest BCUT2D eigenvalue weighted by molar-refractivity contribution is -0.144. The van der Waals surface area contributed by atoms with Crippen molar-refractivity contribution in [1.82, 2.24) is 4.98 Å². The molecule has 0 bridgehead atoms. The van der Waals surface area contributed by atoms with Gasteiger partial charge >= 0.3 is 5.97 Å². The van der Waals surface area contributed by atoms with Crippen molar-refractivity contribution in [2.75, 3.05) is 7.11 Å². The van der Waals surface area contributed by atoms with Gasteiger partial charge in [-0.05, 0) is 43.2 Å². The molecule has 1 atom stereocenters. The first kappa shape index (κ1) is 22.1. The van der Waals surface area contributed by atoms with E-state index in [1.807, 2.05) is 13.0 Å². The van der Waals surface area contributed by atoms with Gasteiger partial charge in [-0.15, -0.1) is 0 Å². The summed E-state index contributed by atoms with van der Waals surface area (Å²) in [6.45, 7) is 3.30. The van der Waals surface area contributed by atoms with E-state index in [4.69, 9.17) is 32.7 Å². The molecule has 3 aromatic rings. The molecule has 5 nitrogen and oxygen atoms in total. The number of benzene rings is 2. The van der Waals surface area contributed by atoms with Crippen LogP contribution in [0.4, 0.5) is 4.39 Å². The third-order valence-electron chi connectivity index (χ3n) is 4.76. The Bertz CT molecular complexity index is 1120. The Labute approximate surface area is 183 Å². The third-order valence-corrected chi connectivity index (χ3v) is 5.35. The maximum absolute atomic E-state index is 14.6. The van der Waals surface area contributed by atoms with Crippen molar-refractivity contribution in [2.45, 2.75) is 32.8 Å². The quantitative estimate of drug-likeness (QED) is 0.499. The van der Waals surface area contributed by atoms with Crippen LogP contribution in [-0.2, 0) is 17.6 Å². The number of methoxy groups -OCH3 is 1. The van der Waals surface area contributed by atoms with Crippen molar-refractivity contribution in [3.05, 3.63) is 63.0 Å². The number of carboxylic acid groups (broad SMARTS) is 1. The first-order valence-electron chi connectivity index (χ1n) is 9.28. The second-order valence-electron chi connectivity index (χ2n) is 6.70. The molecule has 0 aliphatic rings. The van der Waals surface area contributed by atoms with E-state index in [1.54, 1.807) is 12.1 Å². The molecule has 8 heteroatoms. The van der Waals surface area contributed by atoms with Gasteiger partial charge in [0, 0.05) is 27.7 Å². The Morgan fingerprint density at radius 1 is 1.27 bits per heavy atom. The van der Waals surface area contributed by atoms with Gasteiger partial charge in [0.2, 0.25) is 0 Å². The molecule has 0 radical (unpaired) electrons. The molecule has 1 N–H and O–H groups in total. The number of carbonyl (C=O) groups is 1. The predicted molar refractivity (Wildman–Crippen MR) is 115 cm³/mol. The summed E-state index contributed by atoms with van der Waals surface area (Å²) < 4.78 is 25.9. The maximum atomic E-state index is 14.6. The van der Waals surface area contributed by atoms with Crippen molar-refractivity contribution >= 4 is 40.1 Å². The highest BCUT2D eigenvalue weighted by Crippen LogP contribution is 2.40. The summed E-state index contributed by atoms with van der Waals surface area (Å²) in [5, 5.41) is 10.5. The molecule has 0 aliphatic heterocycles. The molecule has 2 aromatic carbocycles. The molecule has 0 aliphatic carbocycles. The van der Waals surface area contributed by atoms with Crippen LogP contribution in [0, 0.1) is 5.82 Å². The SMILES string of the molecule is CCc1nc2c(F)ccc(O[C@@H](C)C(=O)O)c2c(OC)c1Cc1ccc(Cl)cc1Cl. The lowest BCUT2D eigenvalue weighted by atomic mass is 9.98. The molecule has 1 aromatic heterocycles. The van der Waals surface area contributed by atoms with Crippen LogP contribution in [0.15, 0.2) is 30.3 Å². The summed E-state index contributed by atoms with van der Waals surface area (Å²) in [5.74, 6) is -1.14. The number of aromatic nitrogens is 1. The van der Waals surface area contributed by atoms with Gasteiger partial charge < -0.3 is 14.6 Å². The zero-order chi connectivity index (χ0) is 22.0. The lowest BCUT2D eigenvalue weighted by Crippen LogP contribution is -2.23. The third kappa shape index (κ3) is 4.30. The number of carboxylic acids is 1. The van der Waals surface area contributed by atoms with Crippen LogP contribution in [0.5, 0.6) is 11.5 Å². The minimum atomic E-state index is -1.14. The van der Waals surface area contributed by atoms with Gasteiger partial charge in [0.15, 0.2) is 6.10 Å². The molecule has 0 unspecified atom stereocenters. The smallest absolute Gasteiger partial charge is 0.344 e. The van der Waals surface area contributed by atoms with Gasteiger partial charge in [-0.25, -0.2) is 14.2 Å². The largest absolute Gasteiger partial charge is 0.496 e. The minimum Gasteiger partial charge on any atom is -0.496 e. The van der Waals surface area contributed by atoms with E-state index in [-0.39, 0.29) is 16.7 Å². The summed E-state index contributed by atoms with van der Waals surface area (Å²) in [6.07, 6.45) is -0.234. The van der Waals surface area contributed by atoms with E-state index in [0.717, 1.165) is 11.1 Å². The Balaban J connectivity index is 2.26. The molecular formula is C22H20Cl2FNO4. The van der Waals surface area contributed by atoms with E-state index in [9.17, 15) is 14.3 Å². The lowest BCUT2D eigenvalue weighted by Gasteiger charge is -2.19. The molecule has 1 heterocycles. The highest BCUT2D eigenvalue weighted by atomic mass is 35.5. The van der Waals surface area contributed by atoms with E-state index < -0.39 is 17.9 Å². The van der Waals surface area contributed by atoms with Gasteiger partial charge in [-0.3, -0.25) is 0 Å². The van der Waals surface area contributed by atoms with Crippen LogP contribution in [0.2, 0.25) is 10.0 Å². The monoisotopic (exact) mass is 451 g/mol. The number of hydrogen-bond donors (Lipinski definition) is 1. The molecule has 0 amide bonds. The molecule has 0 fully saturated rings. The van der Waals surface area contributed by atoms with Gasteiger partial charge in [-0.1, -0.05) is 36.2 Å². The summed E-state index contributed by atoms with van der Waals surface area (Å²) in [6, 6.07) is 7.77.